The number of rotatable bonds is 4. The summed E-state index contributed by atoms with van der Waals surface area (Å²) in [6, 6.07) is 7.88. The summed E-state index contributed by atoms with van der Waals surface area (Å²) in [7, 11) is 0. The second-order valence-corrected chi connectivity index (χ2v) is 7.29. The van der Waals surface area contributed by atoms with Gasteiger partial charge in [-0.1, -0.05) is 18.6 Å². The van der Waals surface area contributed by atoms with Crippen molar-refractivity contribution in [2.24, 2.45) is 0 Å². The standard InChI is InChI=1S/C17H19N5O2S/c23-15(18-10-16-19-12-6-3-4-7-13(12)25-16)11-22-17(24)21-9-5-1-2-8-14(21)20-22/h3-4,6-7H,1-2,5,8-11H2,(H,18,23). The van der Waals surface area contributed by atoms with Gasteiger partial charge < -0.3 is 5.32 Å². The van der Waals surface area contributed by atoms with Crippen molar-refractivity contribution in [2.45, 2.75) is 45.3 Å². The van der Waals surface area contributed by atoms with E-state index < -0.39 is 0 Å². The SMILES string of the molecule is O=C(Cn1nc2n(c1=O)CCCCC2)NCc1nc2ccccc2s1. The zero-order valence-corrected chi connectivity index (χ0v) is 14.6. The molecule has 0 saturated heterocycles. The molecule has 0 radical (unpaired) electrons. The third-order valence-electron chi connectivity index (χ3n) is 4.35. The third-order valence-corrected chi connectivity index (χ3v) is 5.39. The van der Waals surface area contributed by atoms with Gasteiger partial charge in [0.05, 0.1) is 16.8 Å². The highest BCUT2D eigenvalue weighted by atomic mass is 32.1. The maximum absolute atomic E-state index is 12.4. The molecule has 7 nitrogen and oxygen atoms in total. The monoisotopic (exact) mass is 357 g/mol. The van der Waals surface area contributed by atoms with Crippen molar-refractivity contribution in [2.75, 3.05) is 0 Å². The summed E-state index contributed by atoms with van der Waals surface area (Å²) in [6.07, 6.45) is 3.95. The third kappa shape index (κ3) is 3.34. The molecular weight excluding hydrogens is 338 g/mol. The summed E-state index contributed by atoms with van der Waals surface area (Å²) in [5.74, 6) is 0.566. The van der Waals surface area contributed by atoms with Crippen molar-refractivity contribution in [3.05, 3.63) is 45.6 Å². The van der Waals surface area contributed by atoms with Crippen LogP contribution >= 0.6 is 11.3 Å². The average Bonchev–Trinajstić information content (AvgIpc) is 3.05. The molecule has 0 saturated carbocycles. The molecule has 2 aromatic heterocycles. The molecule has 1 aliphatic rings. The first kappa shape index (κ1) is 16.0. The number of hydrogen-bond acceptors (Lipinski definition) is 5. The van der Waals surface area contributed by atoms with Crippen LogP contribution in [0.4, 0.5) is 0 Å². The number of nitrogens with one attached hydrogen (secondary N) is 1. The Morgan fingerprint density at radius 2 is 2.12 bits per heavy atom. The smallest absolute Gasteiger partial charge is 0.346 e. The van der Waals surface area contributed by atoms with E-state index in [1.54, 1.807) is 15.9 Å². The molecule has 0 unspecified atom stereocenters. The zero-order valence-electron chi connectivity index (χ0n) is 13.8. The van der Waals surface area contributed by atoms with Crippen molar-refractivity contribution in [3.63, 3.8) is 0 Å². The van der Waals surface area contributed by atoms with E-state index in [1.807, 2.05) is 24.3 Å². The molecular formula is C17H19N5O2S. The van der Waals surface area contributed by atoms with E-state index in [4.69, 9.17) is 0 Å². The van der Waals surface area contributed by atoms with E-state index in [0.29, 0.717) is 13.1 Å². The zero-order chi connectivity index (χ0) is 17.2. The van der Waals surface area contributed by atoms with E-state index in [9.17, 15) is 9.59 Å². The highest BCUT2D eigenvalue weighted by molar-refractivity contribution is 7.18. The normalized spacial score (nSPS) is 14.2. The molecule has 1 aliphatic heterocycles. The number of benzene rings is 1. The first-order chi connectivity index (χ1) is 12.2. The number of para-hydroxylation sites is 1. The van der Waals surface area contributed by atoms with Gasteiger partial charge in [0.2, 0.25) is 5.91 Å². The van der Waals surface area contributed by atoms with Crippen LogP contribution in [0.2, 0.25) is 0 Å². The van der Waals surface area contributed by atoms with Crippen molar-refractivity contribution in [1.29, 1.82) is 0 Å². The van der Waals surface area contributed by atoms with Gasteiger partial charge in [0.25, 0.3) is 0 Å². The van der Waals surface area contributed by atoms with Gasteiger partial charge in [0, 0.05) is 13.0 Å². The minimum Gasteiger partial charge on any atom is -0.348 e. The Labute approximate surface area is 148 Å². The van der Waals surface area contributed by atoms with Crippen molar-refractivity contribution < 1.29 is 4.79 Å². The first-order valence-corrected chi connectivity index (χ1v) is 9.30. The lowest BCUT2D eigenvalue weighted by molar-refractivity contribution is -0.122. The van der Waals surface area contributed by atoms with Crippen LogP contribution in [-0.2, 0) is 30.8 Å². The second kappa shape index (κ2) is 6.79. The van der Waals surface area contributed by atoms with E-state index in [-0.39, 0.29) is 18.1 Å². The summed E-state index contributed by atoms with van der Waals surface area (Å²) in [4.78, 5) is 29.0. The van der Waals surface area contributed by atoms with Crippen molar-refractivity contribution in [1.82, 2.24) is 24.6 Å². The molecule has 130 valence electrons. The Hall–Kier alpha value is -2.48. The molecule has 0 atom stereocenters. The summed E-state index contributed by atoms with van der Waals surface area (Å²) < 4.78 is 4.07. The van der Waals surface area contributed by atoms with E-state index in [0.717, 1.165) is 46.7 Å². The second-order valence-electron chi connectivity index (χ2n) is 6.17. The molecule has 25 heavy (non-hydrogen) atoms. The predicted octanol–water partition coefficient (Wildman–Crippen LogP) is 1.70. The first-order valence-electron chi connectivity index (χ1n) is 8.48. The number of aromatic nitrogens is 4. The fourth-order valence-electron chi connectivity index (χ4n) is 3.09. The van der Waals surface area contributed by atoms with Crippen LogP contribution in [-0.4, -0.2) is 25.2 Å². The minimum absolute atomic E-state index is 0.0519. The predicted molar refractivity (Wildman–Crippen MR) is 95.5 cm³/mol. The number of aryl methyl sites for hydroxylation is 1. The fourth-order valence-corrected chi connectivity index (χ4v) is 4.00. The molecule has 1 aromatic carbocycles. The van der Waals surface area contributed by atoms with E-state index in [1.165, 1.54) is 4.68 Å². The number of nitrogens with zero attached hydrogens (tertiary/aromatic N) is 4. The van der Waals surface area contributed by atoms with Crippen molar-refractivity contribution in [3.8, 4) is 0 Å². The van der Waals surface area contributed by atoms with E-state index >= 15 is 0 Å². The lowest BCUT2D eigenvalue weighted by atomic mass is 10.2. The van der Waals surface area contributed by atoms with Gasteiger partial charge in [0.15, 0.2) is 0 Å². The minimum atomic E-state index is -0.227. The molecule has 0 aliphatic carbocycles. The number of fused-ring (bicyclic) bond motifs is 2. The lowest BCUT2D eigenvalue weighted by Gasteiger charge is -2.02. The van der Waals surface area contributed by atoms with Gasteiger partial charge >= 0.3 is 5.69 Å². The van der Waals surface area contributed by atoms with Crippen LogP contribution < -0.4 is 11.0 Å². The molecule has 0 fully saturated rings. The lowest BCUT2D eigenvalue weighted by Crippen LogP contribution is -2.33. The highest BCUT2D eigenvalue weighted by Crippen LogP contribution is 2.21. The van der Waals surface area contributed by atoms with Crippen LogP contribution in [0.15, 0.2) is 29.1 Å². The van der Waals surface area contributed by atoms with Crippen LogP contribution in [0.1, 0.15) is 30.1 Å². The maximum atomic E-state index is 12.4. The number of thiazole rings is 1. The average molecular weight is 357 g/mol. The van der Waals surface area contributed by atoms with Crippen LogP contribution in [0.25, 0.3) is 10.2 Å². The fraction of sp³-hybridized carbons (Fsp3) is 0.412. The number of amides is 1. The summed E-state index contributed by atoms with van der Waals surface area (Å²) in [5.41, 5.74) is 0.748. The molecule has 3 heterocycles. The molecule has 0 spiro atoms. The maximum Gasteiger partial charge on any atom is 0.346 e. The van der Waals surface area contributed by atoms with E-state index in [2.05, 4.69) is 15.4 Å². The molecule has 4 rings (SSSR count). The van der Waals surface area contributed by atoms with Gasteiger partial charge in [-0.2, -0.15) is 5.10 Å². The Bertz CT molecular complexity index is 938. The Morgan fingerprint density at radius 1 is 1.24 bits per heavy atom. The van der Waals surface area contributed by atoms with Gasteiger partial charge in [-0.3, -0.25) is 9.36 Å². The van der Waals surface area contributed by atoms with Gasteiger partial charge in [-0.25, -0.2) is 14.5 Å². The number of carbonyl (C=O) groups excluding carboxylic acids is 1. The molecule has 8 heteroatoms. The van der Waals surface area contributed by atoms with Gasteiger partial charge in [-0.15, -0.1) is 11.3 Å². The number of carbonyl (C=O) groups is 1. The Kier molecular flexibility index (Phi) is 4.35. The molecule has 1 amide bonds. The summed E-state index contributed by atoms with van der Waals surface area (Å²) in [5, 5.41) is 8.01. The van der Waals surface area contributed by atoms with Crippen molar-refractivity contribution >= 4 is 27.5 Å². The Morgan fingerprint density at radius 3 is 3.00 bits per heavy atom. The highest BCUT2D eigenvalue weighted by Gasteiger charge is 2.17. The van der Waals surface area contributed by atoms with Crippen LogP contribution in [0.5, 0.6) is 0 Å². The van der Waals surface area contributed by atoms with Crippen LogP contribution in [0, 0.1) is 0 Å². The quantitative estimate of drug-likeness (QED) is 0.770. The summed E-state index contributed by atoms with van der Waals surface area (Å²) >= 11 is 1.56. The van der Waals surface area contributed by atoms with Crippen LogP contribution in [0.3, 0.4) is 0 Å². The molecule has 1 N–H and O–H groups in total. The molecule has 3 aromatic rings. The Balaban J connectivity index is 1.41. The topological polar surface area (TPSA) is 81.8 Å². The van der Waals surface area contributed by atoms with Gasteiger partial charge in [-0.05, 0) is 25.0 Å². The molecule has 0 bridgehead atoms. The van der Waals surface area contributed by atoms with Gasteiger partial charge in [0.1, 0.15) is 17.4 Å². The number of hydrogen-bond donors (Lipinski definition) is 1. The largest absolute Gasteiger partial charge is 0.348 e. The summed E-state index contributed by atoms with van der Waals surface area (Å²) in [6.45, 7) is 1.01.